The Hall–Kier alpha value is -1.46. The third-order valence-electron chi connectivity index (χ3n) is 2.62. The molecular formula is C9H14N4O2. The van der Waals surface area contributed by atoms with Crippen LogP contribution in [0.15, 0.2) is 0 Å². The summed E-state index contributed by atoms with van der Waals surface area (Å²) in [5, 5.41) is 20.1. The standard InChI is InChI=1S/C9H14N4O2/c1-6(4-9(14)15)13-8(10-11-12-13)5-7-2-3-7/h6-7H,2-5H2,1H3,(H,14,15). The van der Waals surface area contributed by atoms with Gasteiger partial charge in [0.15, 0.2) is 5.82 Å². The number of carbonyl (C=O) groups is 1. The first kappa shape index (κ1) is 10.1. The second-order valence-electron chi connectivity index (χ2n) is 4.13. The molecule has 0 aliphatic heterocycles. The van der Waals surface area contributed by atoms with E-state index in [0.717, 1.165) is 12.2 Å². The summed E-state index contributed by atoms with van der Waals surface area (Å²) in [6.07, 6.45) is 3.40. The SMILES string of the molecule is CC(CC(=O)O)n1nnnc1CC1CC1. The van der Waals surface area contributed by atoms with Crippen molar-refractivity contribution < 1.29 is 9.90 Å². The van der Waals surface area contributed by atoms with Gasteiger partial charge in [-0.05, 0) is 36.1 Å². The Balaban J connectivity index is 2.04. The van der Waals surface area contributed by atoms with Crippen LogP contribution in [0.4, 0.5) is 0 Å². The minimum Gasteiger partial charge on any atom is -0.481 e. The molecule has 1 aromatic rings. The van der Waals surface area contributed by atoms with Gasteiger partial charge >= 0.3 is 5.97 Å². The van der Waals surface area contributed by atoms with E-state index in [1.165, 1.54) is 12.8 Å². The first-order chi connectivity index (χ1) is 7.16. The first-order valence-corrected chi connectivity index (χ1v) is 5.15. The average Bonchev–Trinajstić information content (AvgIpc) is 2.80. The number of carboxylic acid groups (broad SMARTS) is 1. The Morgan fingerprint density at radius 1 is 1.67 bits per heavy atom. The fourth-order valence-electron chi connectivity index (χ4n) is 1.61. The summed E-state index contributed by atoms with van der Waals surface area (Å²) in [6.45, 7) is 1.82. The number of hydrogen-bond acceptors (Lipinski definition) is 4. The minimum absolute atomic E-state index is 0.0582. The highest BCUT2D eigenvalue weighted by atomic mass is 16.4. The van der Waals surface area contributed by atoms with Crippen molar-refractivity contribution in [2.24, 2.45) is 5.92 Å². The zero-order valence-electron chi connectivity index (χ0n) is 8.63. The maximum atomic E-state index is 10.6. The molecule has 0 bridgehead atoms. The van der Waals surface area contributed by atoms with Crippen LogP contribution < -0.4 is 0 Å². The van der Waals surface area contributed by atoms with E-state index in [4.69, 9.17) is 5.11 Å². The van der Waals surface area contributed by atoms with Gasteiger partial charge in [0.05, 0.1) is 12.5 Å². The fraction of sp³-hybridized carbons (Fsp3) is 0.778. The van der Waals surface area contributed by atoms with Crippen LogP contribution in [0.3, 0.4) is 0 Å². The normalized spacial score (nSPS) is 17.7. The van der Waals surface area contributed by atoms with Crippen LogP contribution in [-0.2, 0) is 11.2 Å². The molecule has 0 saturated heterocycles. The van der Waals surface area contributed by atoms with Crippen molar-refractivity contribution in [1.29, 1.82) is 0 Å². The van der Waals surface area contributed by atoms with Crippen molar-refractivity contribution in [2.45, 2.75) is 38.6 Å². The zero-order valence-corrected chi connectivity index (χ0v) is 8.63. The minimum atomic E-state index is -0.824. The summed E-state index contributed by atoms with van der Waals surface area (Å²) < 4.78 is 1.63. The smallest absolute Gasteiger partial charge is 0.305 e. The van der Waals surface area contributed by atoms with Crippen LogP contribution >= 0.6 is 0 Å². The lowest BCUT2D eigenvalue weighted by Gasteiger charge is -2.10. The number of aromatic nitrogens is 4. The van der Waals surface area contributed by atoms with Gasteiger partial charge in [0, 0.05) is 6.42 Å². The molecule has 15 heavy (non-hydrogen) atoms. The lowest BCUT2D eigenvalue weighted by Crippen LogP contribution is -2.15. The Labute approximate surface area is 87.3 Å². The van der Waals surface area contributed by atoms with Gasteiger partial charge in [0.25, 0.3) is 0 Å². The number of tetrazole rings is 1. The van der Waals surface area contributed by atoms with Gasteiger partial charge < -0.3 is 5.11 Å². The molecule has 1 N–H and O–H groups in total. The number of aliphatic carboxylic acids is 1. The molecule has 0 aromatic carbocycles. The van der Waals surface area contributed by atoms with Crippen molar-refractivity contribution in [3.63, 3.8) is 0 Å². The van der Waals surface area contributed by atoms with Crippen LogP contribution in [-0.4, -0.2) is 31.3 Å². The quantitative estimate of drug-likeness (QED) is 0.772. The molecule has 1 unspecified atom stereocenters. The monoisotopic (exact) mass is 210 g/mol. The molecule has 6 heteroatoms. The molecule has 1 aliphatic carbocycles. The van der Waals surface area contributed by atoms with E-state index in [1.807, 2.05) is 6.92 Å². The second-order valence-corrected chi connectivity index (χ2v) is 4.13. The van der Waals surface area contributed by atoms with Gasteiger partial charge in [-0.15, -0.1) is 5.10 Å². The molecule has 1 aliphatic rings. The Morgan fingerprint density at radius 3 is 3.00 bits per heavy atom. The third kappa shape index (κ3) is 2.51. The summed E-state index contributed by atoms with van der Waals surface area (Å²) in [5.41, 5.74) is 0. The van der Waals surface area contributed by atoms with E-state index in [0.29, 0.717) is 5.92 Å². The van der Waals surface area contributed by atoms with Crippen molar-refractivity contribution in [3.8, 4) is 0 Å². The Bertz CT molecular complexity index is 359. The van der Waals surface area contributed by atoms with Crippen molar-refractivity contribution in [1.82, 2.24) is 20.2 Å². The van der Waals surface area contributed by atoms with E-state index in [1.54, 1.807) is 4.68 Å². The molecular weight excluding hydrogens is 196 g/mol. The van der Waals surface area contributed by atoms with E-state index in [2.05, 4.69) is 15.5 Å². The molecule has 82 valence electrons. The second kappa shape index (κ2) is 3.96. The summed E-state index contributed by atoms with van der Waals surface area (Å²) in [5.74, 6) is 0.688. The molecule has 1 heterocycles. The predicted octanol–water partition coefficient (Wildman–Crippen LogP) is 0.661. The van der Waals surface area contributed by atoms with Gasteiger partial charge in [0.2, 0.25) is 0 Å². The van der Waals surface area contributed by atoms with Crippen LogP contribution in [0.2, 0.25) is 0 Å². The van der Waals surface area contributed by atoms with E-state index < -0.39 is 5.97 Å². The van der Waals surface area contributed by atoms with Gasteiger partial charge in [-0.2, -0.15) is 0 Å². The van der Waals surface area contributed by atoms with Crippen molar-refractivity contribution in [3.05, 3.63) is 5.82 Å². The number of carboxylic acids is 1. The molecule has 1 fully saturated rings. The van der Waals surface area contributed by atoms with Gasteiger partial charge in [-0.1, -0.05) is 0 Å². The van der Waals surface area contributed by atoms with E-state index in [9.17, 15) is 4.79 Å². The molecule has 6 nitrogen and oxygen atoms in total. The Morgan fingerprint density at radius 2 is 2.40 bits per heavy atom. The molecule has 1 atom stereocenters. The average molecular weight is 210 g/mol. The maximum absolute atomic E-state index is 10.6. The molecule has 1 saturated carbocycles. The van der Waals surface area contributed by atoms with Crippen LogP contribution in [0.5, 0.6) is 0 Å². The third-order valence-corrected chi connectivity index (χ3v) is 2.62. The van der Waals surface area contributed by atoms with Crippen LogP contribution in [0.1, 0.15) is 38.1 Å². The van der Waals surface area contributed by atoms with Gasteiger partial charge in [0.1, 0.15) is 0 Å². The molecule has 1 aromatic heterocycles. The highest BCUT2D eigenvalue weighted by molar-refractivity contribution is 5.67. The van der Waals surface area contributed by atoms with E-state index >= 15 is 0 Å². The molecule has 0 spiro atoms. The summed E-state index contributed by atoms with van der Waals surface area (Å²) in [6, 6.07) is -0.175. The van der Waals surface area contributed by atoms with Crippen molar-refractivity contribution >= 4 is 5.97 Å². The highest BCUT2D eigenvalue weighted by Crippen LogP contribution is 2.32. The summed E-state index contributed by atoms with van der Waals surface area (Å²) in [4.78, 5) is 10.6. The number of nitrogens with zero attached hydrogens (tertiary/aromatic N) is 4. The number of hydrogen-bond donors (Lipinski definition) is 1. The molecule has 0 radical (unpaired) electrons. The highest BCUT2D eigenvalue weighted by Gasteiger charge is 2.25. The maximum Gasteiger partial charge on any atom is 0.305 e. The van der Waals surface area contributed by atoms with Gasteiger partial charge in [-0.3, -0.25) is 4.79 Å². The van der Waals surface area contributed by atoms with Gasteiger partial charge in [-0.25, -0.2) is 4.68 Å². The molecule has 2 rings (SSSR count). The predicted molar refractivity (Wildman–Crippen MR) is 51.2 cm³/mol. The Kier molecular flexibility index (Phi) is 2.66. The molecule has 0 amide bonds. The summed E-state index contributed by atoms with van der Waals surface area (Å²) >= 11 is 0. The van der Waals surface area contributed by atoms with Crippen LogP contribution in [0.25, 0.3) is 0 Å². The van der Waals surface area contributed by atoms with E-state index in [-0.39, 0.29) is 12.5 Å². The van der Waals surface area contributed by atoms with Crippen LogP contribution in [0, 0.1) is 5.92 Å². The largest absolute Gasteiger partial charge is 0.481 e. The topological polar surface area (TPSA) is 80.9 Å². The fourth-order valence-corrected chi connectivity index (χ4v) is 1.61. The lowest BCUT2D eigenvalue weighted by atomic mass is 10.2. The van der Waals surface area contributed by atoms with Crippen molar-refractivity contribution in [2.75, 3.05) is 0 Å². The number of rotatable bonds is 5. The lowest BCUT2D eigenvalue weighted by molar-refractivity contribution is -0.137. The summed E-state index contributed by atoms with van der Waals surface area (Å²) in [7, 11) is 0. The zero-order chi connectivity index (χ0) is 10.8. The first-order valence-electron chi connectivity index (χ1n) is 5.15.